The van der Waals surface area contributed by atoms with E-state index >= 15 is 0 Å². The van der Waals surface area contributed by atoms with Crippen molar-refractivity contribution in [3.8, 4) is 22.9 Å². The van der Waals surface area contributed by atoms with Crippen molar-refractivity contribution >= 4 is 27.5 Å². The number of rotatable bonds is 5. The quantitative estimate of drug-likeness (QED) is 0.551. The minimum absolute atomic E-state index is 0.176. The number of hydrogen-bond donors (Lipinski definition) is 2. The van der Waals surface area contributed by atoms with E-state index in [-0.39, 0.29) is 5.88 Å². The predicted octanol–water partition coefficient (Wildman–Crippen LogP) is 4.35. The molecule has 0 aliphatic heterocycles. The summed E-state index contributed by atoms with van der Waals surface area (Å²) in [6.45, 7) is 2.85. The van der Waals surface area contributed by atoms with Gasteiger partial charge >= 0.3 is 0 Å². The Morgan fingerprint density at radius 1 is 1.19 bits per heavy atom. The van der Waals surface area contributed by atoms with Gasteiger partial charge in [-0.25, -0.2) is 9.97 Å². The number of aromatic hydroxyl groups is 1. The first kappa shape index (κ1) is 17.1. The molecule has 3 N–H and O–H groups in total. The molecule has 1 aromatic carbocycles. The van der Waals surface area contributed by atoms with Gasteiger partial charge in [0.2, 0.25) is 11.8 Å². The smallest absolute Gasteiger partial charge is 0.221 e. The van der Waals surface area contributed by atoms with E-state index in [1.165, 1.54) is 0 Å². The van der Waals surface area contributed by atoms with Gasteiger partial charge in [0.05, 0.1) is 29.2 Å². The minimum Gasteiger partial charge on any atom is -0.494 e. The molecule has 0 aliphatic carbocycles. The Bertz CT molecular complexity index is 1130. The van der Waals surface area contributed by atoms with Crippen molar-refractivity contribution in [2.24, 2.45) is 0 Å². The molecule has 4 rings (SSSR count). The molecule has 0 saturated heterocycles. The first-order valence-corrected chi connectivity index (χ1v) is 9.05. The SMILES string of the molecule is CCCCn1cc2nc3c(-c4cccnc4OC)cccc3c(N)c2c1O. The van der Waals surface area contributed by atoms with Crippen LogP contribution in [0.4, 0.5) is 5.69 Å². The van der Waals surface area contributed by atoms with Gasteiger partial charge < -0.3 is 20.1 Å². The number of unbranched alkanes of at least 4 members (excludes halogenated alkanes) is 1. The highest BCUT2D eigenvalue weighted by atomic mass is 16.5. The second-order valence-corrected chi connectivity index (χ2v) is 6.55. The van der Waals surface area contributed by atoms with Crippen LogP contribution in [-0.2, 0) is 6.54 Å². The number of methoxy groups -OCH3 is 1. The number of aromatic nitrogens is 3. The number of ether oxygens (including phenoxy) is 1. The molecule has 0 spiro atoms. The van der Waals surface area contributed by atoms with E-state index in [0.29, 0.717) is 22.5 Å². The summed E-state index contributed by atoms with van der Waals surface area (Å²) < 4.78 is 7.24. The number of nitrogen functional groups attached to an aromatic ring is 1. The lowest BCUT2D eigenvalue weighted by molar-refractivity contribution is 0.400. The Labute approximate surface area is 157 Å². The average Bonchev–Trinajstić information content (AvgIpc) is 3.02. The number of anilines is 1. The van der Waals surface area contributed by atoms with Gasteiger partial charge in [-0.3, -0.25) is 0 Å². The van der Waals surface area contributed by atoms with Crippen molar-refractivity contribution in [1.82, 2.24) is 14.5 Å². The van der Waals surface area contributed by atoms with Gasteiger partial charge in [-0.2, -0.15) is 0 Å². The Kier molecular flexibility index (Phi) is 4.32. The Hall–Kier alpha value is -3.28. The van der Waals surface area contributed by atoms with Crippen molar-refractivity contribution < 1.29 is 9.84 Å². The van der Waals surface area contributed by atoms with Crippen molar-refractivity contribution in [2.45, 2.75) is 26.3 Å². The molecule has 27 heavy (non-hydrogen) atoms. The number of nitrogens with two attached hydrogens (primary N) is 1. The van der Waals surface area contributed by atoms with Gasteiger partial charge in [0.15, 0.2) is 0 Å². The van der Waals surface area contributed by atoms with Gasteiger partial charge in [-0.1, -0.05) is 31.5 Å². The van der Waals surface area contributed by atoms with Gasteiger partial charge in [-0.05, 0) is 18.6 Å². The maximum Gasteiger partial charge on any atom is 0.221 e. The topological polar surface area (TPSA) is 86.2 Å². The molecule has 6 heteroatoms. The fourth-order valence-corrected chi connectivity index (χ4v) is 3.49. The fraction of sp³-hybridized carbons (Fsp3) is 0.238. The monoisotopic (exact) mass is 362 g/mol. The third-order valence-corrected chi connectivity index (χ3v) is 4.86. The van der Waals surface area contributed by atoms with Crippen molar-refractivity contribution in [3.05, 3.63) is 42.7 Å². The van der Waals surface area contributed by atoms with E-state index in [1.807, 2.05) is 41.1 Å². The molecule has 0 aliphatic rings. The van der Waals surface area contributed by atoms with Crippen LogP contribution in [0.2, 0.25) is 0 Å². The van der Waals surface area contributed by atoms with Gasteiger partial charge in [0.1, 0.15) is 0 Å². The fourth-order valence-electron chi connectivity index (χ4n) is 3.49. The summed E-state index contributed by atoms with van der Waals surface area (Å²) in [5.41, 5.74) is 10.2. The zero-order valence-electron chi connectivity index (χ0n) is 15.4. The van der Waals surface area contributed by atoms with Crippen LogP contribution in [0.3, 0.4) is 0 Å². The molecule has 0 unspecified atom stereocenters. The van der Waals surface area contributed by atoms with Crippen LogP contribution in [0.15, 0.2) is 42.7 Å². The highest BCUT2D eigenvalue weighted by Crippen LogP contribution is 2.40. The third-order valence-electron chi connectivity index (χ3n) is 4.86. The zero-order chi connectivity index (χ0) is 19.0. The summed E-state index contributed by atoms with van der Waals surface area (Å²) in [7, 11) is 1.60. The molecular formula is C21H22N4O2. The molecular weight excluding hydrogens is 340 g/mol. The summed E-state index contributed by atoms with van der Waals surface area (Å²) in [6.07, 6.45) is 5.59. The molecule has 0 radical (unpaired) electrons. The Balaban J connectivity index is 2.01. The van der Waals surface area contributed by atoms with Gasteiger partial charge in [0.25, 0.3) is 0 Å². The summed E-state index contributed by atoms with van der Waals surface area (Å²) >= 11 is 0. The van der Waals surface area contributed by atoms with Crippen LogP contribution >= 0.6 is 0 Å². The standard InChI is InChI=1S/C21H22N4O2/c1-3-4-11-25-12-16-17(21(25)26)18(22)15-8-5-7-13(19(15)24-16)14-9-6-10-23-20(14)27-2/h5-10,12,26H,3-4,11,22H2,1-2H3. The molecule has 0 bridgehead atoms. The second kappa shape index (κ2) is 6.79. The van der Waals surface area contributed by atoms with Crippen LogP contribution < -0.4 is 10.5 Å². The van der Waals surface area contributed by atoms with Gasteiger partial charge in [-0.15, -0.1) is 0 Å². The normalized spacial score (nSPS) is 11.3. The molecule has 6 nitrogen and oxygen atoms in total. The van der Waals surface area contributed by atoms with E-state index < -0.39 is 0 Å². The maximum atomic E-state index is 10.6. The van der Waals surface area contributed by atoms with Crippen LogP contribution in [0.5, 0.6) is 11.8 Å². The molecule has 0 saturated carbocycles. The number of hydrogen-bond acceptors (Lipinski definition) is 5. The number of pyridine rings is 2. The van der Waals surface area contributed by atoms with Crippen molar-refractivity contribution in [2.75, 3.05) is 12.8 Å². The Morgan fingerprint density at radius 2 is 2.00 bits per heavy atom. The lowest BCUT2D eigenvalue weighted by Crippen LogP contribution is -1.95. The molecule has 3 aromatic heterocycles. The largest absolute Gasteiger partial charge is 0.494 e. The van der Waals surface area contributed by atoms with E-state index in [9.17, 15) is 5.11 Å². The maximum absolute atomic E-state index is 10.6. The van der Waals surface area contributed by atoms with Crippen molar-refractivity contribution in [1.29, 1.82) is 0 Å². The van der Waals surface area contributed by atoms with E-state index in [0.717, 1.165) is 41.4 Å². The second-order valence-electron chi connectivity index (χ2n) is 6.55. The zero-order valence-corrected chi connectivity index (χ0v) is 15.4. The molecule has 0 fully saturated rings. The van der Waals surface area contributed by atoms with E-state index in [2.05, 4.69) is 11.9 Å². The third kappa shape index (κ3) is 2.73. The molecule has 4 aromatic rings. The number of fused-ring (bicyclic) bond motifs is 2. The number of benzene rings is 1. The van der Waals surface area contributed by atoms with Crippen LogP contribution in [0, 0.1) is 0 Å². The number of aryl methyl sites for hydroxylation is 1. The van der Waals surface area contributed by atoms with E-state index in [1.54, 1.807) is 13.3 Å². The minimum atomic E-state index is 0.176. The summed E-state index contributed by atoms with van der Waals surface area (Å²) in [5, 5.41) is 12.0. The molecule has 3 heterocycles. The van der Waals surface area contributed by atoms with Crippen LogP contribution in [0.25, 0.3) is 32.9 Å². The van der Waals surface area contributed by atoms with Crippen molar-refractivity contribution in [3.63, 3.8) is 0 Å². The lowest BCUT2D eigenvalue weighted by Gasteiger charge is -2.11. The molecule has 138 valence electrons. The molecule has 0 atom stereocenters. The average molecular weight is 362 g/mol. The highest BCUT2D eigenvalue weighted by molar-refractivity contribution is 6.12. The first-order chi connectivity index (χ1) is 13.2. The Morgan fingerprint density at radius 3 is 2.78 bits per heavy atom. The number of para-hydroxylation sites is 1. The predicted molar refractivity (Wildman–Crippen MR) is 108 cm³/mol. The van der Waals surface area contributed by atoms with Crippen LogP contribution in [0.1, 0.15) is 19.8 Å². The van der Waals surface area contributed by atoms with E-state index in [4.69, 9.17) is 15.5 Å². The number of nitrogens with zero attached hydrogens (tertiary/aromatic N) is 3. The molecule has 0 amide bonds. The highest BCUT2D eigenvalue weighted by Gasteiger charge is 2.18. The summed E-state index contributed by atoms with van der Waals surface area (Å²) in [6, 6.07) is 9.65. The summed E-state index contributed by atoms with van der Waals surface area (Å²) in [4.78, 5) is 9.13. The van der Waals surface area contributed by atoms with Gasteiger partial charge in [0, 0.05) is 35.5 Å². The first-order valence-electron chi connectivity index (χ1n) is 9.05. The summed E-state index contributed by atoms with van der Waals surface area (Å²) in [5.74, 6) is 0.712. The van der Waals surface area contributed by atoms with Crippen LogP contribution in [-0.4, -0.2) is 26.8 Å². The lowest BCUT2D eigenvalue weighted by atomic mass is 10.0.